The lowest BCUT2D eigenvalue weighted by atomic mass is 10.2. The average Bonchev–Trinajstić information content (AvgIpc) is 2.61. The summed E-state index contributed by atoms with van der Waals surface area (Å²) in [4.78, 5) is 13.8. The van der Waals surface area contributed by atoms with Crippen molar-refractivity contribution in [3.63, 3.8) is 0 Å². The standard InChI is InChI=1S/C19H22BrN3O2/c1-4-14-7-10-18(17(20)11-14)25-13-19(24)22-21-12-15-5-8-16(9-6-15)23(2)3/h5-12H,4,13H2,1-3H3,(H,22,24). The zero-order valence-corrected chi connectivity index (χ0v) is 16.2. The summed E-state index contributed by atoms with van der Waals surface area (Å²) < 4.78 is 6.34. The van der Waals surface area contributed by atoms with E-state index in [0.717, 1.165) is 22.1 Å². The van der Waals surface area contributed by atoms with Crippen LogP contribution in [-0.2, 0) is 11.2 Å². The van der Waals surface area contributed by atoms with Gasteiger partial charge in [-0.3, -0.25) is 4.79 Å². The zero-order valence-electron chi connectivity index (χ0n) is 14.6. The molecule has 0 bridgehead atoms. The normalized spacial score (nSPS) is 10.7. The molecular formula is C19H22BrN3O2. The van der Waals surface area contributed by atoms with E-state index in [4.69, 9.17) is 4.74 Å². The van der Waals surface area contributed by atoms with Gasteiger partial charge >= 0.3 is 0 Å². The maximum Gasteiger partial charge on any atom is 0.277 e. The fourth-order valence-corrected chi connectivity index (χ4v) is 2.63. The summed E-state index contributed by atoms with van der Waals surface area (Å²) in [5.41, 5.74) is 5.68. The number of nitrogens with zero attached hydrogens (tertiary/aromatic N) is 2. The molecule has 0 aliphatic carbocycles. The fourth-order valence-electron chi connectivity index (χ4n) is 2.09. The van der Waals surface area contributed by atoms with E-state index in [9.17, 15) is 4.79 Å². The van der Waals surface area contributed by atoms with Crippen LogP contribution in [0.2, 0.25) is 0 Å². The first-order valence-electron chi connectivity index (χ1n) is 8.00. The van der Waals surface area contributed by atoms with Crippen molar-refractivity contribution in [2.24, 2.45) is 5.10 Å². The van der Waals surface area contributed by atoms with E-state index in [1.807, 2.05) is 61.5 Å². The maximum absolute atomic E-state index is 11.8. The Morgan fingerprint density at radius 3 is 2.56 bits per heavy atom. The summed E-state index contributed by atoms with van der Waals surface area (Å²) in [7, 11) is 3.97. The smallest absolute Gasteiger partial charge is 0.277 e. The van der Waals surface area contributed by atoms with Crippen molar-refractivity contribution in [3.8, 4) is 5.75 Å². The number of carbonyl (C=O) groups is 1. The number of benzene rings is 2. The van der Waals surface area contributed by atoms with Gasteiger partial charge in [0.15, 0.2) is 6.61 Å². The minimum Gasteiger partial charge on any atom is -0.483 e. The quantitative estimate of drug-likeness (QED) is 0.567. The Labute approximate surface area is 156 Å². The average molecular weight is 404 g/mol. The predicted octanol–water partition coefficient (Wildman–Crippen LogP) is 3.61. The SMILES string of the molecule is CCc1ccc(OCC(=O)NN=Cc2ccc(N(C)C)cc2)c(Br)c1. The molecule has 0 aliphatic heterocycles. The second-order valence-corrected chi connectivity index (χ2v) is 6.54. The van der Waals surface area contributed by atoms with Gasteiger partial charge in [0.1, 0.15) is 5.75 Å². The van der Waals surface area contributed by atoms with Crippen LogP contribution in [0.1, 0.15) is 18.1 Å². The second kappa shape index (κ2) is 9.22. The van der Waals surface area contributed by atoms with Crippen molar-refractivity contribution < 1.29 is 9.53 Å². The van der Waals surface area contributed by atoms with Crippen LogP contribution in [0.5, 0.6) is 5.75 Å². The van der Waals surface area contributed by atoms with E-state index in [1.54, 1.807) is 6.21 Å². The number of hydrogen-bond donors (Lipinski definition) is 1. The van der Waals surface area contributed by atoms with Gasteiger partial charge in [-0.2, -0.15) is 5.10 Å². The topological polar surface area (TPSA) is 53.9 Å². The molecule has 25 heavy (non-hydrogen) atoms. The minimum atomic E-state index is -0.312. The van der Waals surface area contributed by atoms with E-state index in [0.29, 0.717) is 5.75 Å². The van der Waals surface area contributed by atoms with Crippen LogP contribution < -0.4 is 15.1 Å². The minimum absolute atomic E-state index is 0.0963. The van der Waals surface area contributed by atoms with E-state index < -0.39 is 0 Å². The van der Waals surface area contributed by atoms with Gasteiger partial charge in [0, 0.05) is 19.8 Å². The highest BCUT2D eigenvalue weighted by Gasteiger charge is 2.05. The number of ether oxygens (including phenoxy) is 1. The summed E-state index contributed by atoms with van der Waals surface area (Å²) in [6.45, 7) is 1.99. The number of carbonyl (C=O) groups excluding carboxylic acids is 1. The van der Waals surface area contributed by atoms with E-state index in [-0.39, 0.29) is 12.5 Å². The summed E-state index contributed by atoms with van der Waals surface area (Å²) in [6.07, 6.45) is 2.55. The molecule has 0 fully saturated rings. The van der Waals surface area contributed by atoms with Gasteiger partial charge in [0.25, 0.3) is 5.91 Å². The molecule has 0 saturated carbocycles. The number of aryl methyl sites for hydroxylation is 1. The van der Waals surface area contributed by atoms with Crippen LogP contribution in [0.4, 0.5) is 5.69 Å². The first-order chi connectivity index (χ1) is 12.0. The Kier molecular flexibility index (Phi) is 7.01. The number of hydrogen-bond acceptors (Lipinski definition) is 4. The third-order valence-corrected chi connectivity index (χ3v) is 4.20. The van der Waals surface area contributed by atoms with Gasteiger partial charge < -0.3 is 9.64 Å². The van der Waals surface area contributed by atoms with E-state index in [2.05, 4.69) is 33.4 Å². The molecule has 2 aromatic carbocycles. The monoisotopic (exact) mass is 403 g/mol. The molecule has 0 heterocycles. The van der Waals surface area contributed by atoms with Crippen LogP contribution in [0.25, 0.3) is 0 Å². The second-order valence-electron chi connectivity index (χ2n) is 5.69. The Morgan fingerprint density at radius 1 is 1.24 bits per heavy atom. The number of amides is 1. The number of rotatable bonds is 7. The molecule has 0 saturated heterocycles. The number of hydrazone groups is 1. The highest BCUT2D eigenvalue weighted by Crippen LogP contribution is 2.26. The molecule has 0 aliphatic rings. The third kappa shape index (κ3) is 5.90. The van der Waals surface area contributed by atoms with Crippen LogP contribution >= 0.6 is 15.9 Å². The number of anilines is 1. The van der Waals surface area contributed by atoms with E-state index in [1.165, 1.54) is 5.56 Å². The Balaban J connectivity index is 1.82. The van der Waals surface area contributed by atoms with Crippen LogP contribution in [0.15, 0.2) is 52.0 Å². The Bertz CT molecular complexity index is 743. The molecule has 0 aromatic heterocycles. The summed E-state index contributed by atoms with van der Waals surface area (Å²) >= 11 is 3.45. The van der Waals surface area contributed by atoms with Gasteiger partial charge in [-0.15, -0.1) is 0 Å². The molecule has 1 amide bonds. The molecule has 132 valence electrons. The van der Waals surface area contributed by atoms with Gasteiger partial charge in [-0.1, -0.05) is 25.1 Å². The summed E-state index contributed by atoms with van der Waals surface area (Å²) in [5, 5.41) is 3.95. The van der Waals surface area contributed by atoms with Crippen molar-refractivity contribution in [1.82, 2.24) is 5.43 Å². The van der Waals surface area contributed by atoms with Crippen LogP contribution in [0, 0.1) is 0 Å². The summed E-state index contributed by atoms with van der Waals surface area (Å²) in [6, 6.07) is 13.7. The van der Waals surface area contributed by atoms with Crippen molar-refractivity contribution in [2.75, 3.05) is 25.6 Å². The first kappa shape index (κ1) is 19.0. The molecule has 0 atom stereocenters. The van der Waals surface area contributed by atoms with Crippen molar-refractivity contribution in [2.45, 2.75) is 13.3 Å². The summed E-state index contributed by atoms with van der Waals surface area (Å²) in [5.74, 6) is 0.322. The van der Waals surface area contributed by atoms with Crippen molar-refractivity contribution >= 4 is 33.7 Å². The van der Waals surface area contributed by atoms with Crippen molar-refractivity contribution in [1.29, 1.82) is 0 Å². The molecule has 0 spiro atoms. The zero-order chi connectivity index (χ0) is 18.2. The Hall–Kier alpha value is -2.34. The maximum atomic E-state index is 11.8. The van der Waals surface area contributed by atoms with Crippen molar-refractivity contribution in [3.05, 3.63) is 58.1 Å². The highest BCUT2D eigenvalue weighted by molar-refractivity contribution is 9.10. The Morgan fingerprint density at radius 2 is 1.96 bits per heavy atom. The molecule has 0 unspecified atom stereocenters. The lowest BCUT2D eigenvalue weighted by Gasteiger charge is -2.11. The van der Waals surface area contributed by atoms with E-state index >= 15 is 0 Å². The van der Waals surface area contributed by atoms with Crippen LogP contribution in [-0.4, -0.2) is 32.8 Å². The molecule has 2 aromatic rings. The number of halogens is 1. The molecular weight excluding hydrogens is 382 g/mol. The molecule has 1 N–H and O–H groups in total. The highest BCUT2D eigenvalue weighted by atomic mass is 79.9. The predicted molar refractivity (Wildman–Crippen MR) is 106 cm³/mol. The largest absolute Gasteiger partial charge is 0.483 e. The van der Waals surface area contributed by atoms with Crippen LogP contribution in [0.3, 0.4) is 0 Å². The van der Waals surface area contributed by atoms with Gasteiger partial charge in [-0.25, -0.2) is 5.43 Å². The van der Waals surface area contributed by atoms with Gasteiger partial charge in [0.05, 0.1) is 10.7 Å². The number of nitrogens with one attached hydrogen (secondary N) is 1. The molecule has 0 radical (unpaired) electrons. The molecule has 2 rings (SSSR count). The third-order valence-electron chi connectivity index (χ3n) is 3.58. The lowest BCUT2D eigenvalue weighted by Crippen LogP contribution is -2.24. The molecule has 5 nitrogen and oxygen atoms in total. The lowest BCUT2D eigenvalue weighted by molar-refractivity contribution is -0.123. The van der Waals surface area contributed by atoms with Gasteiger partial charge in [-0.05, 0) is 57.7 Å². The first-order valence-corrected chi connectivity index (χ1v) is 8.79. The van der Waals surface area contributed by atoms with Gasteiger partial charge in [0.2, 0.25) is 0 Å². The fraction of sp³-hybridized carbons (Fsp3) is 0.263. The molecule has 6 heteroatoms.